The van der Waals surface area contributed by atoms with Gasteiger partial charge >= 0.3 is 0 Å². The number of aromatic nitrogens is 1. The van der Waals surface area contributed by atoms with Gasteiger partial charge in [-0.25, -0.2) is 4.98 Å². The molecule has 0 aliphatic heterocycles. The van der Waals surface area contributed by atoms with Crippen molar-refractivity contribution < 1.29 is 0 Å². The number of anilines is 1. The van der Waals surface area contributed by atoms with Crippen LogP contribution in [0, 0.1) is 5.92 Å². The fourth-order valence-electron chi connectivity index (χ4n) is 2.02. The minimum absolute atomic E-state index is 0.693. The van der Waals surface area contributed by atoms with Crippen LogP contribution in [0.15, 0.2) is 35.2 Å². The Kier molecular flexibility index (Phi) is 5.56. The van der Waals surface area contributed by atoms with Crippen LogP contribution in [-0.2, 0) is 13.1 Å². The van der Waals surface area contributed by atoms with E-state index in [-0.39, 0.29) is 0 Å². The lowest BCUT2D eigenvalue weighted by Gasteiger charge is -2.18. The Balaban J connectivity index is 1.87. The monoisotopic (exact) mass is 289 g/mol. The van der Waals surface area contributed by atoms with Crippen LogP contribution in [0.2, 0.25) is 0 Å². The van der Waals surface area contributed by atoms with E-state index in [2.05, 4.69) is 65.7 Å². The van der Waals surface area contributed by atoms with E-state index in [0.29, 0.717) is 5.92 Å². The summed E-state index contributed by atoms with van der Waals surface area (Å²) < 4.78 is 0. The Morgan fingerprint density at radius 3 is 2.60 bits per heavy atom. The molecular weight excluding hydrogens is 266 g/mol. The molecule has 1 aromatic heterocycles. The topological polar surface area (TPSA) is 28.2 Å². The number of thiazole rings is 1. The third-order valence-corrected chi connectivity index (χ3v) is 3.78. The zero-order chi connectivity index (χ0) is 14.4. The van der Waals surface area contributed by atoms with Crippen LogP contribution in [0.5, 0.6) is 0 Å². The van der Waals surface area contributed by atoms with Gasteiger partial charge in [0.1, 0.15) is 0 Å². The quantitative estimate of drug-likeness (QED) is 0.845. The maximum Gasteiger partial charge on any atom is 0.0795 e. The Morgan fingerprint density at radius 2 is 2.00 bits per heavy atom. The van der Waals surface area contributed by atoms with E-state index in [1.807, 2.05) is 5.51 Å². The van der Waals surface area contributed by atoms with Gasteiger partial charge in [-0.3, -0.25) is 0 Å². The second kappa shape index (κ2) is 7.41. The summed E-state index contributed by atoms with van der Waals surface area (Å²) in [6.07, 6.45) is 0. The molecule has 1 aromatic carbocycles. The minimum Gasteiger partial charge on any atom is -0.369 e. The van der Waals surface area contributed by atoms with Gasteiger partial charge in [0.25, 0.3) is 0 Å². The van der Waals surface area contributed by atoms with E-state index in [0.717, 1.165) is 25.3 Å². The molecule has 4 heteroatoms. The number of nitrogens with one attached hydrogen (secondary N) is 1. The summed E-state index contributed by atoms with van der Waals surface area (Å²) in [5, 5.41) is 5.56. The minimum atomic E-state index is 0.693. The van der Waals surface area contributed by atoms with Gasteiger partial charge in [-0.05, 0) is 30.2 Å². The van der Waals surface area contributed by atoms with Crippen molar-refractivity contribution in [2.45, 2.75) is 26.9 Å². The van der Waals surface area contributed by atoms with Crippen LogP contribution in [-0.4, -0.2) is 18.6 Å². The Hall–Kier alpha value is -1.39. The maximum absolute atomic E-state index is 4.32. The summed E-state index contributed by atoms with van der Waals surface area (Å²) in [5.74, 6) is 0.693. The van der Waals surface area contributed by atoms with Crippen molar-refractivity contribution >= 4 is 17.0 Å². The van der Waals surface area contributed by atoms with Crippen molar-refractivity contribution in [3.05, 3.63) is 46.4 Å². The van der Waals surface area contributed by atoms with Gasteiger partial charge < -0.3 is 10.2 Å². The number of benzene rings is 1. The number of nitrogens with zero attached hydrogens (tertiary/aromatic N) is 2. The van der Waals surface area contributed by atoms with Crippen molar-refractivity contribution in [2.24, 2.45) is 5.92 Å². The summed E-state index contributed by atoms with van der Waals surface area (Å²) in [6, 6.07) is 8.75. The molecule has 1 N–H and O–H groups in total. The normalized spacial score (nSPS) is 11.0. The fraction of sp³-hybridized carbons (Fsp3) is 0.438. The Bertz CT molecular complexity index is 491. The van der Waals surface area contributed by atoms with E-state index in [1.165, 1.54) is 11.3 Å². The van der Waals surface area contributed by atoms with E-state index < -0.39 is 0 Å². The average molecular weight is 289 g/mol. The first-order valence-electron chi connectivity index (χ1n) is 7.03. The van der Waals surface area contributed by atoms with E-state index in [1.54, 1.807) is 11.3 Å². The van der Waals surface area contributed by atoms with Crippen molar-refractivity contribution in [3.8, 4) is 0 Å². The lowest BCUT2D eigenvalue weighted by Crippen LogP contribution is -2.19. The van der Waals surface area contributed by atoms with Crippen molar-refractivity contribution in [1.29, 1.82) is 0 Å². The van der Waals surface area contributed by atoms with Gasteiger partial charge in [0.15, 0.2) is 0 Å². The van der Waals surface area contributed by atoms with Crippen LogP contribution >= 0.6 is 11.3 Å². The fourth-order valence-corrected chi connectivity index (χ4v) is 2.57. The molecule has 108 valence electrons. The molecule has 3 nitrogen and oxygen atoms in total. The second-order valence-corrected chi connectivity index (χ2v) is 6.25. The predicted octanol–water partition coefficient (Wildman–Crippen LogP) is 3.53. The molecule has 0 aliphatic carbocycles. The number of rotatable bonds is 7. The SMILES string of the molecule is CC(C)CNCc1ccc(N(C)Cc2cscn2)cc1. The highest BCUT2D eigenvalue weighted by Crippen LogP contribution is 2.16. The smallest absolute Gasteiger partial charge is 0.0795 e. The molecule has 1 heterocycles. The lowest BCUT2D eigenvalue weighted by molar-refractivity contribution is 0.552. The molecule has 0 amide bonds. The van der Waals surface area contributed by atoms with Crippen molar-refractivity contribution in [2.75, 3.05) is 18.5 Å². The van der Waals surface area contributed by atoms with Crippen molar-refractivity contribution in [1.82, 2.24) is 10.3 Å². The Morgan fingerprint density at radius 1 is 1.25 bits per heavy atom. The molecule has 0 saturated heterocycles. The van der Waals surface area contributed by atoms with Crippen LogP contribution in [0.25, 0.3) is 0 Å². The predicted molar refractivity (Wildman–Crippen MR) is 87.2 cm³/mol. The molecule has 2 rings (SSSR count). The van der Waals surface area contributed by atoms with Crippen LogP contribution in [0.1, 0.15) is 25.1 Å². The summed E-state index contributed by atoms with van der Waals surface area (Å²) in [7, 11) is 2.10. The van der Waals surface area contributed by atoms with E-state index in [4.69, 9.17) is 0 Å². The van der Waals surface area contributed by atoms with Crippen LogP contribution < -0.4 is 10.2 Å². The van der Waals surface area contributed by atoms with E-state index in [9.17, 15) is 0 Å². The molecule has 20 heavy (non-hydrogen) atoms. The summed E-state index contributed by atoms with van der Waals surface area (Å²) in [5.41, 5.74) is 5.56. The molecule has 0 aliphatic rings. The van der Waals surface area contributed by atoms with Gasteiger partial charge in [-0.1, -0.05) is 26.0 Å². The van der Waals surface area contributed by atoms with E-state index >= 15 is 0 Å². The largest absolute Gasteiger partial charge is 0.369 e. The third-order valence-electron chi connectivity index (χ3n) is 3.14. The molecule has 0 unspecified atom stereocenters. The first-order chi connectivity index (χ1) is 9.65. The molecule has 2 aromatic rings. The highest BCUT2D eigenvalue weighted by atomic mass is 32.1. The van der Waals surface area contributed by atoms with Gasteiger partial charge in [0.2, 0.25) is 0 Å². The van der Waals surface area contributed by atoms with Gasteiger partial charge in [0, 0.05) is 24.7 Å². The maximum atomic E-state index is 4.32. The molecule has 0 atom stereocenters. The van der Waals surface area contributed by atoms with Crippen molar-refractivity contribution in [3.63, 3.8) is 0 Å². The third kappa shape index (κ3) is 4.62. The molecule has 0 bridgehead atoms. The molecule has 0 saturated carbocycles. The highest BCUT2D eigenvalue weighted by molar-refractivity contribution is 7.07. The first-order valence-corrected chi connectivity index (χ1v) is 7.97. The van der Waals surface area contributed by atoms with Crippen LogP contribution in [0.4, 0.5) is 5.69 Å². The second-order valence-electron chi connectivity index (χ2n) is 5.53. The van der Waals surface area contributed by atoms with Gasteiger partial charge in [0.05, 0.1) is 17.7 Å². The highest BCUT2D eigenvalue weighted by Gasteiger charge is 2.03. The lowest BCUT2D eigenvalue weighted by atomic mass is 10.1. The average Bonchev–Trinajstić information content (AvgIpc) is 2.92. The zero-order valence-electron chi connectivity index (χ0n) is 12.5. The summed E-state index contributed by atoms with van der Waals surface area (Å²) in [4.78, 5) is 6.55. The summed E-state index contributed by atoms with van der Waals surface area (Å²) in [6.45, 7) is 7.31. The number of hydrogen-bond acceptors (Lipinski definition) is 4. The van der Waals surface area contributed by atoms with Gasteiger partial charge in [-0.2, -0.15) is 0 Å². The van der Waals surface area contributed by atoms with Crippen LogP contribution in [0.3, 0.4) is 0 Å². The molecule has 0 spiro atoms. The Labute approximate surface area is 125 Å². The molecule has 0 radical (unpaired) electrons. The van der Waals surface area contributed by atoms with Gasteiger partial charge in [-0.15, -0.1) is 11.3 Å². The molecular formula is C16H23N3S. The zero-order valence-corrected chi connectivity index (χ0v) is 13.3. The first kappa shape index (κ1) is 15.0. The molecule has 0 fully saturated rings. The number of hydrogen-bond donors (Lipinski definition) is 1. The standard InChI is InChI=1S/C16H23N3S/c1-13(2)8-17-9-14-4-6-16(7-5-14)19(3)10-15-11-20-12-18-15/h4-7,11-13,17H,8-10H2,1-3H3. The summed E-state index contributed by atoms with van der Waals surface area (Å²) >= 11 is 1.64.